The Morgan fingerprint density at radius 1 is 1.24 bits per heavy atom. The molecule has 0 aliphatic carbocycles. The molecule has 1 saturated heterocycles. The van der Waals surface area contributed by atoms with Crippen molar-refractivity contribution in [3.05, 3.63) is 0 Å². The lowest BCUT2D eigenvalue weighted by atomic mass is 10.1. The zero-order valence-electron chi connectivity index (χ0n) is 9.34. The van der Waals surface area contributed by atoms with E-state index in [2.05, 4.69) is 9.47 Å². The van der Waals surface area contributed by atoms with E-state index in [0.29, 0.717) is 4.90 Å². The second-order valence-electron chi connectivity index (χ2n) is 3.36. The molecule has 17 heavy (non-hydrogen) atoms. The zero-order valence-corrected chi connectivity index (χ0v) is 9.34. The average Bonchev–Trinajstić information content (AvgIpc) is 2.93. The molecule has 8 heteroatoms. The Labute approximate surface area is 95.5 Å². The van der Waals surface area contributed by atoms with Crippen LogP contribution >= 0.6 is 0 Å². The minimum Gasteiger partial charge on any atom is -0.464 e. The van der Waals surface area contributed by atoms with Crippen LogP contribution in [0.25, 0.3) is 0 Å². The molecule has 0 radical (unpaired) electrons. The lowest BCUT2D eigenvalue weighted by Crippen LogP contribution is -2.46. The highest BCUT2D eigenvalue weighted by Crippen LogP contribution is 2.47. The third-order valence-corrected chi connectivity index (χ3v) is 2.31. The van der Waals surface area contributed by atoms with Crippen LogP contribution in [0.1, 0.15) is 13.8 Å². The topological polar surface area (TPSA) is 55.6 Å². The molecule has 1 aliphatic heterocycles. The highest BCUT2D eigenvalue weighted by atomic mass is 19.4. The number of amides is 1. The fourth-order valence-corrected chi connectivity index (χ4v) is 1.40. The number of esters is 1. The van der Waals surface area contributed by atoms with Crippen molar-refractivity contribution in [2.24, 2.45) is 0 Å². The third kappa shape index (κ3) is 2.16. The molecule has 0 aromatic rings. The van der Waals surface area contributed by atoms with E-state index in [1.807, 2.05) is 0 Å². The van der Waals surface area contributed by atoms with Crippen molar-refractivity contribution >= 4 is 12.1 Å². The summed E-state index contributed by atoms with van der Waals surface area (Å²) in [6.07, 6.45) is -6.04. The van der Waals surface area contributed by atoms with Crippen molar-refractivity contribution in [2.45, 2.75) is 25.6 Å². The van der Waals surface area contributed by atoms with Gasteiger partial charge in [-0.1, -0.05) is 0 Å². The summed E-state index contributed by atoms with van der Waals surface area (Å²) in [4.78, 5) is 22.8. The standard InChI is InChI=1S/C9H12F3NO4/c1-3-16-6(14)8(9(10,11)12)5-13(8)7(15)17-4-2/h3-5H2,1-2H3/t8-,13?/m0/s1. The fraction of sp³-hybridized carbons (Fsp3) is 0.778. The number of hydrogen-bond donors (Lipinski definition) is 0. The van der Waals surface area contributed by atoms with Gasteiger partial charge in [-0.25, -0.2) is 9.59 Å². The van der Waals surface area contributed by atoms with Gasteiger partial charge in [0.1, 0.15) is 0 Å². The SMILES string of the molecule is CCOC(=O)N1C[C@]1(C(=O)OCC)C(F)(F)F. The molecule has 1 fully saturated rings. The highest BCUT2D eigenvalue weighted by Gasteiger charge is 2.78. The smallest absolute Gasteiger partial charge is 0.424 e. The normalized spacial score (nSPS) is 23.2. The van der Waals surface area contributed by atoms with E-state index in [-0.39, 0.29) is 13.2 Å². The summed E-state index contributed by atoms with van der Waals surface area (Å²) < 4.78 is 47.1. The Balaban J connectivity index is 2.88. The van der Waals surface area contributed by atoms with Crippen molar-refractivity contribution in [1.82, 2.24) is 4.90 Å². The first-order chi connectivity index (χ1) is 7.81. The van der Waals surface area contributed by atoms with Gasteiger partial charge in [0.15, 0.2) is 0 Å². The number of alkyl halides is 3. The van der Waals surface area contributed by atoms with Gasteiger partial charge in [0.05, 0.1) is 19.8 Å². The maximum absolute atomic E-state index is 12.8. The molecule has 1 amide bonds. The lowest BCUT2D eigenvalue weighted by Gasteiger charge is -2.18. The van der Waals surface area contributed by atoms with E-state index in [1.54, 1.807) is 0 Å². The molecule has 1 atom stereocenters. The van der Waals surface area contributed by atoms with Gasteiger partial charge in [-0.2, -0.15) is 13.2 Å². The number of ether oxygens (including phenoxy) is 2. The van der Waals surface area contributed by atoms with Gasteiger partial charge >= 0.3 is 18.2 Å². The van der Waals surface area contributed by atoms with Crippen LogP contribution in [0.3, 0.4) is 0 Å². The van der Waals surface area contributed by atoms with Crippen LogP contribution in [-0.2, 0) is 14.3 Å². The van der Waals surface area contributed by atoms with Crippen LogP contribution in [0, 0.1) is 0 Å². The Morgan fingerprint density at radius 2 is 1.76 bits per heavy atom. The Morgan fingerprint density at radius 3 is 2.18 bits per heavy atom. The molecule has 0 saturated carbocycles. The van der Waals surface area contributed by atoms with Crippen molar-refractivity contribution in [1.29, 1.82) is 0 Å². The lowest BCUT2D eigenvalue weighted by molar-refractivity contribution is -0.193. The molecule has 0 N–H and O–H groups in total. The molecule has 1 aliphatic rings. The summed E-state index contributed by atoms with van der Waals surface area (Å²) in [5, 5.41) is 0. The Kier molecular flexibility index (Phi) is 3.53. The zero-order chi connectivity index (χ0) is 13.3. The summed E-state index contributed by atoms with van der Waals surface area (Å²) in [5.74, 6) is -1.47. The summed E-state index contributed by atoms with van der Waals surface area (Å²) in [5.41, 5.74) is -2.87. The first kappa shape index (κ1) is 13.6. The number of halogens is 3. The van der Waals surface area contributed by atoms with Gasteiger partial charge in [-0.15, -0.1) is 0 Å². The van der Waals surface area contributed by atoms with Gasteiger partial charge < -0.3 is 9.47 Å². The van der Waals surface area contributed by atoms with Gasteiger partial charge in [-0.05, 0) is 13.8 Å². The summed E-state index contributed by atoms with van der Waals surface area (Å²) >= 11 is 0. The van der Waals surface area contributed by atoms with Gasteiger partial charge in [-0.3, -0.25) is 4.90 Å². The van der Waals surface area contributed by atoms with E-state index < -0.39 is 30.3 Å². The van der Waals surface area contributed by atoms with E-state index in [0.717, 1.165) is 0 Å². The predicted molar refractivity (Wildman–Crippen MR) is 49.1 cm³/mol. The van der Waals surface area contributed by atoms with Gasteiger partial charge in [0.2, 0.25) is 0 Å². The summed E-state index contributed by atoms with van der Waals surface area (Å²) in [7, 11) is 0. The number of carbonyl (C=O) groups excluding carboxylic acids is 2. The van der Waals surface area contributed by atoms with Crippen LogP contribution in [0.15, 0.2) is 0 Å². The van der Waals surface area contributed by atoms with Crippen molar-refractivity contribution in [2.75, 3.05) is 19.8 Å². The van der Waals surface area contributed by atoms with E-state index in [4.69, 9.17) is 0 Å². The number of carbonyl (C=O) groups is 2. The van der Waals surface area contributed by atoms with Crippen molar-refractivity contribution in [3.8, 4) is 0 Å². The number of hydrogen-bond acceptors (Lipinski definition) is 4. The van der Waals surface area contributed by atoms with Crippen LogP contribution in [-0.4, -0.2) is 48.4 Å². The summed E-state index contributed by atoms with van der Waals surface area (Å²) in [6, 6.07) is 0. The minimum atomic E-state index is -4.87. The number of nitrogens with zero attached hydrogens (tertiary/aromatic N) is 1. The van der Waals surface area contributed by atoms with E-state index in [1.165, 1.54) is 13.8 Å². The van der Waals surface area contributed by atoms with Crippen LogP contribution in [0.4, 0.5) is 18.0 Å². The van der Waals surface area contributed by atoms with E-state index in [9.17, 15) is 22.8 Å². The molecule has 0 aromatic carbocycles. The molecule has 0 aromatic heterocycles. The second-order valence-corrected chi connectivity index (χ2v) is 3.36. The highest BCUT2D eigenvalue weighted by molar-refractivity contribution is 5.92. The van der Waals surface area contributed by atoms with Crippen molar-refractivity contribution < 1.29 is 32.2 Å². The van der Waals surface area contributed by atoms with E-state index >= 15 is 0 Å². The molecule has 5 nitrogen and oxygen atoms in total. The van der Waals surface area contributed by atoms with Crippen LogP contribution in [0.5, 0.6) is 0 Å². The third-order valence-electron chi connectivity index (χ3n) is 2.31. The average molecular weight is 255 g/mol. The monoisotopic (exact) mass is 255 g/mol. The van der Waals surface area contributed by atoms with Crippen LogP contribution < -0.4 is 0 Å². The predicted octanol–water partition coefficient (Wildman–Crippen LogP) is 1.32. The molecule has 0 bridgehead atoms. The molecular weight excluding hydrogens is 243 g/mol. The quantitative estimate of drug-likeness (QED) is 0.563. The first-order valence-corrected chi connectivity index (χ1v) is 4.99. The van der Waals surface area contributed by atoms with Crippen LogP contribution in [0.2, 0.25) is 0 Å². The molecular formula is C9H12F3NO4. The largest absolute Gasteiger partial charge is 0.464 e. The maximum Gasteiger partial charge on any atom is 0.424 e. The Bertz CT molecular complexity index is 331. The van der Waals surface area contributed by atoms with Crippen molar-refractivity contribution in [3.63, 3.8) is 0 Å². The molecule has 98 valence electrons. The fourth-order valence-electron chi connectivity index (χ4n) is 1.40. The second kappa shape index (κ2) is 4.42. The maximum atomic E-state index is 12.8. The molecule has 1 rings (SSSR count). The molecule has 0 spiro atoms. The minimum absolute atomic E-state index is 0.0634. The van der Waals surface area contributed by atoms with Gasteiger partial charge in [0.25, 0.3) is 5.54 Å². The van der Waals surface area contributed by atoms with Gasteiger partial charge in [0, 0.05) is 0 Å². The summed E-state index contributed by atoms with van der Waals surface area (Å²) in [6.45, 7) is 1.84. The number of rotatable bonds is 3. The molecule has 0 unspecified atom stereocenters. The molecule has 1 heterocycles. The first-order valence-electron chi connectivity index (χ1n) is 4.99. The Hall–Kier alpha value is -1.47.